The lowest BCUT2D eigenvalue weighted by atomic mass is 10.1. The van der Waals surface area contributed by atoms with Crippen LogP contribution >= 0.6 is 0 Å². The van der Waals surface area contributed by atoms with Gasteiger partial charge in [0, 0.05) is 18.7 Å². The lowest BCUT2D eigenvalue weighted by Crippen LogP contribution is -2.27. The van der Waals surface area contributed by atoms with Crippen LogP contribution in [0.5, 0.6) is 0 Å². The van der Waals surface area contributed by atoms with E-state index in [1.165, 1.54) is 23.1 Å². The van der Waals surface area contributed by atoms with Crippen LogP contribution in [0, 0.1) is 13.8 Å². The van der Waals surface area contributed by atoms with Crippen LogP contribution in [0.1, 0.15) is 52.1 Å². The van der Waals surface area contributed by atoms with Gasteiger partial charge >= 0.3 is 0 Å². The topological polar surface area (TPSA) is 46.9 Å². The smallest absolute Gasteiger partial charge is 0.271 e. The first kappa shape index (κ1) is 19.4. The minimum Gasteiger partial charge on any atom is -0.350 e. The number of aromatic nitrogens is 2. The maximum atomic E-state index is 13.0. The molecular weight excluding hydrogens is 358 g/mol. The maximum Gasteiger partial charge on any atom is 0.271 e. The molecule has 29 heavy (non-hydrogen) atoms. The van der Waals surface area contributed by atoms with Crippen LogP contribution < -0.4 is 5.32 Å². The fourth-order valence-electron chi connectivity index (χ4n) is 3.98. The van der Waals surface area contributed by atoms with Crippen molar-refractivity contribution in [1.82, 2.24) is 14.9 Å². The van der Waals surface area contributed by atoms with E-state index in [2.05, 4.69) is 72.3 Å². The molecule has 0 atom stereocenters. The van der Waals surface area contributed by atoms with Crippen LogP contribution in [0.3, 0.4) is 0 Å². The summed E-state index contributed by atoms with van der Waals surface area (Å²) in [5, 5.41) is 3.09. The molecule has 0 unspecified atom stereocenters. The Morgan fingerprint density at radius 3 is 2.38 bits per heavy atom. The quantitative estimate of drug-likeness (QED) is 0.679. The summed E-state index contributed by atoms with van der Waals surface area (Å²) in [6, 6.07) is 16.9. The number of hydrogen-bond acceptors (Lipinski definition) is 2. The summed E-state index contributed by atoms with van der Waals surface area (Å²) in [6.07, 6.45) is 5.19. The molecule has 0 spiro atoms. The van der Waals surface area contributed by atoms with Gasteiger partial charge in [0.05, 0.1) is 5.69 Å². The van der Waals surface area contributed by atoms with E-state index in [0.717, 1.165) is 49.3 Å². The molecule has 1 amide bonds. The zero-order chi connectivity index (χ0) is 20.2. The molecule has 1 N–H and O–H groups in total. The Balaban J connectivity index is 1.55. The van der Waals surface area contributed by atoms with Crippen molar-refractivity contribution in [3.05, 3.63) is 76.6 Å². The number of benzene rings is 2. The summed E-state index contributed by atoms with van der Waals surface area (Å²) in [6.45, 7) is 5.72. The van der Waals surface area contributed by atoms with Crippen molar-refractivity contribution in [2.45, 2.75) is 52.5 Å². The van der Waals surface area contributed by atoms with E-state index in [4.69, 9.17) is 4.98 Å². The molecule has 4 rings (SSSR count). The number of rotatable bonds is 5. The molecule has 1 aromatic heterocycles. The van der Waals surface area contributed by atoms with Gasteiger partial charge in [0.2, 0.25) is 0 Å². The lowest BCUT2D eigenvalue weighted by Gasteiger charge is -2.09. The number of nitrogens with one attached hydrogen (secondary N) is 1. The zero-order valence-electron chi connectivity index (χ0n) is 17.4. The third-order valence-electron chi connectivity index (χ3n) is 5.71. The molecule has 2 aromatic carbocycles. The number of fused-ring (bicyclic) bond motifs is 1. The van der Waals surface area contributed by atoms with Gasteiger partial charge in [0.15, 0.2) is 0 Å². The fourth-order valence-corrected chi connectivity index (χ4v) is 3.98. The van der Waals surface area contributed by atoms with Crippen LogP contribution in [0.4, 0.5) is 0 Å². The van der Waals surface area contributed by atoms with E-state index in [9.17, 15) is 4.79 Å². The number of carbonyl (C=O) groups excluding carboxylic acids is 1. The predicted octanol–water partition coefficient (Wildman–Crippen LogP) is 4.87. The molecule has 0 radical (unpaired) electrons. The summed E-state index contributed by atoms with van der Waals surface area (Å²) in [4.78, 5) is 17.8. The Morgan fingerprint density at radius 1 is 0.966 bits per heavy atom. The zero-order valence-corrected chi connectivity index (χ0v) is 17.4. The molecule has 4 nitrogen and oxygen atoms in total. The Kier molecular flexibility index (Phi) is 5.79. The number of amides is 1. The number of imidazole rings is 1. The normalized spacial score (nSPS) is 13.6. The van der Waals surface area contributed by atoms with Crippen molar-refractivity contribution in [2.24, 2.45) is 0 Å². The number of hydrogen-bond donors (Lipinski definition) is 1. The van der Waals surface area contributed by atoms with E-state index in [1.54, 1.807) is 0 Å². The van der Waals surface area contributed by atoms with Crippen LogP contribution in [0.15, 0.2) is 48.5 Å². The van der Waals surface area contributed by atoms with Gasteiger partial charge in [-0.2, -0.15) is 0 Å². The summed E-state index contributed by atoms with van der Waals surface area (Å²) < 4.78 is 2.27. The van der Waals surface area contributed by atoms with Gasteiger partial charge in [-0.3, -0.25) is 4.79 Å². The second kappa shape index (κ2) is 8.64. The van der Waals surface area contributed by atoms with Crippen molar-refractivity contribution >= 4 is 5.91 Å². The third-order valence-corrected chi connectivity index (χ3v) is 5.71. The van der Waals surface area contributed by atoms with Crippen molar-refractivity contribution in [2.75, 3.05) is 6.54 Å². The average Bonchev–Trinajstić information content (AvgIpc) is 2.91. The molecule has 1 aliphatic heterocycles. The van der Waals surface area contributed by atoms with Crippen molar-refractivity contribution in [3.8, 4) is 11.4 Å². The minimum absolute atomic E-state index is 0.0545. The Bertz CT molecular complexity index is 984. The van der Waals surface area contributed by atoms with Gasteiger partial charge in [-0.25, -0.2) is 4.98 Å². The van der Waals surface area contributed by atoms with Crippen LogP contribution in [-0.4, -0.2) is 22.0 Å². The van der Waals surface area contributed by atoms with Crippen LogP contribution in [0.2, 0.25) is 0 Å². The third kappa shape index (κ3) is 4.42. The monoisotopic (exact) mass is 387 g/mol. The van der Waals surface area contributed by atoms with Gasteiger partial charge in [0.25, 0.3) is 5.91 Å². The Hall–Kier alpha value is -2.88. The van der Waals surface area contributed by atoms with E-state index in [-0.39, 0.29) is 5.91 Å². The summed E-state index contributed by atoms with van der Waals surface area (Å²) in [5.74, 6) is 0.867. The predicted molar refractivity (Wildman–Crippen MR) is 117 cm³/mol. The molecule has 150 valence electrons. The van der Waals surface area contributed by atoms with E-state index < -0.39 is 0 Å². The van der Waals surface area contributed by atoms with Gasteiger partial charge < -0.3 is 9.88 Å². The first-order chi connectivity index (χ1) is 14.1. The minimum atomic E-state index is -0.0545. The van der Waals surface area contributed by atoms with E-state index >= 15 is 0 Å². The molecule has 1 aliphatic rings. The first-order valence-corrected chi connectivity index (χ1v) is 10.6. The van der Waals surface area contributed by atoms with Gasteiger partial charge in [-0.05, 0) is 45.1 Å². The highest BCUT2D eigenvalue weighted by Crippen LogP contribution is 2.27. The van der Waals surface area contributed by atoms with Crippen molar-refractivity contribution in [1.29, 1.82) is 0 Å². The second-order valence-corrected chi connectivity index (χ2v) is 8.05. The van der Waals surface area contributed by atoms with Crippen LogP contribution in [-0.2, 0) is 19.4 Å². The van der Waals surface area contributed by atoms with Gasteiger partial charge in [-0.1, -0.05) is 66.1 Å². The highest BCUT2D eigenvalue weighted by Gasteiger charge is 2.24. The Morgan fingerprint density at radius 2 is 1.66 bits per heavy atom. The Labute approximate surface area is 173 Å². The summed E-state index contributed by atoms with van der Waals surface area (Å²) >= 11 is 0. The standard InChI is InChI=1S/C25H29N3O/c1-18-7-11-20(12-8-18)15-16-26-25(29)23-22-6-4-3-5-17-28(22)24(27-23)21-13-9-19(2)10-14-21/h7-14H,3-6,15-17H2,1-2H3,(H,26,29). The van der Waals surface area contributed by atoms with E-state index in [0.29, 0.717) is 12.2 Å². The summed E-state index contributed by atoms with van der Waals surface area (Å²) in [7, 11) is 0. The average molecular weight is 388 g/mol. The molecule has 0 aliphatic carbocycles. The van der Waals surface area contributed by atoms with E-state index in [1.807, 2.05) is 0 Å². The first-order valence-electron chi connectivity index (χ1n) is 10.6. The van der Waals surface area contributed by atoms with Gasteiger partial charge in [0.1, 0.15) is 11.5 Å². The van der Waals surface area contributed by atoms with Crippen molar-refractivity contribution in [3.63, 3.8) is 0 Å². The number of carbonyl (C=O) groups is 1. The SMILES string of the molecule is Cc1ccc(CCNC(=O)c2nc(-c3ccc(C)cc3)n3c2CCCCC3)cc1. The molecule has 2 heterocycles. The molecule has 0 fully saturated rings. The molecule has 4 heteroatoms. The molecule has 0 saturated carbocycles. The molecule has 0 bridgehead atoms. The molecular formula is C25H29N3O. The number of nitrogens with zero attached hydrogens (tertiary/aromatic N) is 2. The van der Waals surface area contributed by atoms with Gasteiger partial charge in [-0.15, -0.1) is 0 Å². The second-order valence-electron chi connectivity index (χ2n) is 8.05. The maximum absolute atomic E-state index is 13.0. The van der Waals surface area contributed by atoms with Crippen LogP contribution in [0.25, 0.3) is 11.4 Å². The van der Waals surface area contributed by atoms with Crippen molar-refractivity contribution < 1.29 is 4.79 Å². The summed E-state index contributed by atoms with van der Waals surface area (Å²) in [5.41, 5.74) is 6.49. The fraction of sp³-hybridized carbons (Fsp3) is 0.360. The molecule has 3 aromatic rings. The highest BCUT2D eigenvalue weighted by molar-refractivity contribution is 5.94. The molecule has 0 saturated heterocycles. The lowest BCUT2D eigenvalue weighted by molar-refractivity contribution is 0.0948. The highest BCUT2D eigenvalue weighted by atomic mass is 16.1. The largest absolute Gasteiger partial charge is 0.350 e. The number of aryl methyl sites for hydroxylation is 2.